The Balaban J connectivity index is 2.08. The molecule has 4 nitrogen and oxygen atoms in total. The molecule has 0 bridgehead atoms. The Bertz CT molecular complexity index is 563. The van der Waals surface area contributed by atoms with Crippen LogP contribution >= 0.6 is 0 Å². The summed E-state index contributed by atoms with van der Waals surface area (Å²) in [5.74, 6) is 5.29. The van der Waals surface area contributed by atoms with E-state index in [2.05, 4.69) is 17.2 Å². The third-order valence-corrected chi connectivity index (χ3v) is 3.17. The molecule has 1 amide bonds. The van der Waals surface area contributed by atoms with Gasteiger partial charge in [0, 0.05) is 31.6 Å². The van der Waals surface area contributed by atoms with Gasteiger partial charge in [-0.15, -0.1) is 0 Å². The molecule has 1 aromatic carbocycles. The minimum absolute atomic E-state index is 0.00192. The third-order valence-electron chi connectivity index (χ3n) is 3.17. The van der Waals surface area contributed by atoms with Crippen LogP contribution in [0.5, 0.6) is 0 Å². The number of benzene rings is 1. The van der Waals surface area contributed by atoms with E-state index in [1.54, 1.807) is 0 Å². The summed E-state index contributed by atoms with van der Waals surface area (Å²) >= 11 is 0. The van der Waals surface area contributed by atoms with Crippen LogP contribution in [0.4, 0.5) is 4.39 Å². The number of amides is 1. The number of carbonyl (C=O) groups is 1. The molecule has 1 saturated heterocycles. The van der Waals surface area contributed by atoms with Crippen LogP contribution in [0, 0.1) is 17.7 Å². The van der Waals surface area contributed by atoms with Crippen LogP contribution in [-0.4, -0.2) is 42.2 Å². The zero-order valence-corrected chi connectivity index (χ0v) is 11.9. The Morgan fingerprint density at radius 1 is 1.38 bits per heavy atom. The lowest BCUT2D eigenvalue weighted by Crippen LogP contribution is -2.32. The van der Waals surface area contributed by atoms with Crippen molar-refractivity contribution in [3.63, 3.8) is 0 Å². The number of aliphatic hydroxyl groups excluding tert-OH is 1. The van der Waals surface area contributed by atoms with E-state index in [0.29, 0.717) is 31.6 Å². The third kappa shape index (κ3) is 5.18. The number of rotatable bonds is 3. The maximum atomic E-state index is 13.6. The van der Waals surface area contributed by atoms with E-state index in [1.165, 1.54) is 12.1 Å². The highest BCUT2D eigenvalue weighted by atomic mass is 19.1. The molecular weight excluding hydrogens is 271 g/mol. The standard InChI is InChI=1S/C16H19FN2O2/c17-15-9-13(4-1-2-7-20)8-14(10-15)11-19-6-3-5-18-16(21)12-19/h8-10,20H,2-3,5-7,11-12H2,(H,18,21). The lowest BCUT2D eigenvalue weighted by molar-refractivity contribution is -0.121. The highest BCUT2D eigenvalue weighted by Crippen LogP contribution is 2.12. The van der Waals surface area contributed by atoms with E-state index in [0.717, 1.165) is 18.5 Å². The molecule has 1 aliphatic rings. The summed E-state index contributed by atoms with van der Waals surface area (Å²) in [6.45, 7) is 2.36. The fourth-order valence-electron chi connectivity index (χ4n) is 2.30. The minimum atomic E-state index is -0.333. The number of nitrogens with one attached hydrogen (secondary N) is 1. The van der Waals surface area contributed by atoms with Gasteiger partial charge < -0.3 is 10.4 Å². The molecule has 0 aliphatic carbocycles. The van der Waals surface area contributed by atoms with Crippen molar-refractivity contribution >= 4 is 5.91 Å². The maximum Gasteiger partial charge on any atom is 0.234 e. The molecule has 2 rings (SSSR count). The molecule has 1 aliphatic heterocycles. The van der Waals surface area contributed by atoms with Crippen LogP contribution in [0.25, 0.3) is 0 Å². The first kappa shape index (κ1) is 15.5. The molecular formula is C16H19FN2O2. The van der Waals surface area contributed by atoms with Crippen LogP contribution in [0.1, 0.15) is 24.0 Å². The lowest BCUT2D eigenvalue weighted by Gasteiger charge is -2.18. The second-order valence-corrected chi connectivity index (χ2v) is 5.04. The van der Waals surface area contributed by atoms with Gasteiger partial charge in [-0.1, -0.05) is 11.8 Å². The van der Waals surface area contributed by atoms with Crippen molar-refractivity contribution in [3.8, 4) is 11.8 Å². The topological polar surface area (TPSA) is 52.6 Å². The second kappa shape index (κ2) is 7.77. The van der Waals surface area contributed by atoms with Gasteiger partial charge in [0.05, 0.1) is 13.2 Å². The van der Waals surface area contributed by atoms with Gasteiger partial charge in [-0.3, -0.25) is 9.69 Å². The second-order valence-electron chi connectivity index (χ2n) is 5.04. The molecule has 1 heterocycles. The molecule has 21 heavy (non-hydrogen) atoms. The summed E-state index contributed by atoms with van der Waals surface area (Å²) in [4.78, 5) is 13.5. The summed E-state index contributed by atoms with van der Waals surface area (Å²) < 4.78 is 13.6. The molecule has 0 spiro atoms. The summed E-state index contributed by atoms with van der Waals surface area (Å²) in [5.41, 5.74) is 1.40. The molecule has 5 heteroatoms. The van der Waals surface area contributed by atoms with Crippen LogP contribution in [0.3, 0.4) is 0 Å². The summed E-state index contributed by atoms with van der Waals surface area (Å²) in [7, 11) is 0. The molecule has 0 radical (unpaired) electrons. The predicted octanol–water partition coefficient (Wildman–Crippen LogP) is 0.881. The maximum absolute atomic E-state index is 13.6. The Morgan fingerprint density at radius 2 is 2.24 bits per heavy atom. The van der Waals surface area contributed by atoms with Crippen molar-refractivity contribution in [3.05, 3.63) is 35.1 Å². The smallest absolute Gasteiger partial charge is 0.234 e. The van der Waals surface area contributed by atoms with E-state index in [1.807, 2.05) is 11.0 Å². The number of hydrogen-bond acceptors (Lipinski definition) is 3. The molecule has 1 fully saturated rings. The average Bonchev–Trinajstić information content (AvgIpc) is 2.63. The zero-order chi connectivity index (χ0) is 15.1. The van der Waals surface area contributed by atoms with Gasteiger partial charge in [0.25, 0.3) is 0 Å². The Kier molecular flexibility index (Phi) is 5.73. The van der Waals surface area contributed by atoms with Crippen molar-refractivity contribution in [1.29, 1.82) is 0 Å². The normalized spacial score (nSPS) is 15.8. The minimum Gasteiger partial charge on any atom is -0.395 e. The van der Waals surface area contributed by atoms with E-state index in [9.17, 15) is 9.18 Å². The van der Waals surface area contributed by atoms with E-state index in [4.69, 9.17) is 5.11 Å². The van der Waals surface area contributed by atoms with Crippen molar-refractivity contribution in [2.45, 2.75) is 19.4 Å². The van der Waals surface area contributed by atoms with Crippen LogP contribution in [0.2, 0.25) is 0 Å². The number of carbonyl (C=O) groups excluding carboxylic acids is 1. The van der Waals surface area contributed by atoms with E-state index >= 15 is 0 Å². The van der Waals surface area contributed by atoms with Crippen LogP contribution in [-0.2, 0) is 11.3 Å². The fourth-order valence-corrected chi connectivity index (χ4v) is 2.30. The molecule has 2 N–H and O–H groups in total. The van der Waals surface area contributed by atoms with Gasteiger partial charge in [-0.05, 0) is 30.2 Å². The number of halogens is 1. The first-order chi connectivity index (χ1) is 10.2. The van der Waals surface area contributed by atoms with Gasteiger partial charge in [-0.25, -0.2) is 4.39 Å². The van der Waals surface area contributed by atoms with Crippen molar-refractivity contribution in [1.82, 2.24) is 10.2 Å². The Hall–Kier alpha value is -1.90. The van der Waals surface area contributed by atoms with Crippen LogP contribution in [0.15, 0.2) is 18.2 Å². The zero-order valence-electron chi connectivity index (χ0n) is 11.9. The first-order valence-corrected chi connectivity index (χ1v) is 7.05. The van der Waals surface area contributed by atoms with Crippen molar-refractivity contribution in [2.24, 2.45) is 0 Å². The largest absolute Gasteiger partial charge is 0.395 e. The van der Waals surface area contributed by atoms with Gasteiger partial charge in [-0.2, -0.15) is 0 Å². The van der Waals surface area contributed by atoms with Crippen molar-refractivity contribution in [2.75, 3.05) is 26.2 Å². The number of aliphatic hydroxyl groups is 1. The summed E-state index contributed by atoms with van der Waals surface area (Å²) in [6.07, 6.45) is 1.27. The first-order valence-electron chi connectivity index (χ1n) is 7.05. The van der Waals surface area contributed by atoms with Gasteiger partial charge in [0.2, 0.25) is 5.91 Å². The molecule has 0 aromatic heterocycles. The fraction of sp³-hybridized carbons (Fsp3) is 0.438. The summed E-state index contributed by atoms with van der Waals surface area (Å²) in [5, 5.41) is 11.5. The Morgan fingerprint density at radius 3 is 3.05 bits per heavy atom. The number of hydrogen-bond donors (Lipinski definition) is 2. The quantitative estimate of drug-likeness (QED) is 0.813. The monoisotopic (exact) mass is 290 g/mol. The van der Waals surface area contributed by atoms with E-state index in [-0.39, 0.29) is 18.3 Å². The molecule has 0 saturated carbocycles. The summed E-state index contributed by atoms with van der Waals surface area (Å²) in [6, 6.07) is 4.68. The molecule has 1 aromatic rings. The van der Waals surface area contributed by atoms with Crippen molar-refractivity contribution < 1.29 is 14.3 Å². The van der Waals surface area contributed by atoms with Gasteiger partial charge in [0.15, 0.2) is 0 Å². The lowest BCUT2D eigenvalue weighted by atomic mass is 10.1. The van der Waals surface area contributed by atoms with E-state index < -0.39 is 0 Å². The average molecular weight is 290 g/mol. The molecule has 112 valence electrons. The highest BCUT2D eigenvalue weighted by molar-refractivity contribution is 5.78. The number of nitrogens with zero attached hydrogens (tertiary/aromatic N) is 1. The van der Waals surface area contributed by atoms with Gasteiger partial charge >= 0.3 is 0 Å². The molecule has 0 unspecified atom stereocenters. The molecule has 0 atom stereocenters. The highest BCUT2D eigenvalue weighted by Gasteiger charge is 2.15. The van der Waals surface area contributed by atoms with Crippen LogP contribution < -0.4 is 5.32 Å². The SMILES string of the molecule is O=C1CN(Cc2cc(F)cc(C#CCCO)c2)CCCN1. The predicted molar refractivity (Wildman–Crippen MR) is 77.9 cm³/mol. The Labute approximate surface area is 124 Å². The van der Waals surface area contributed by atoms with Gasteiger partial charge in [0.1, 0.15) is 5.82 Å².